The molecule has 0 aromatic carbocycles. The third-order valence-electron chi connectivity index (χ3n) is 3.36. The summed E-state index contributed by atoms with van der Waals surface area (Å²) in [6.07, 6.45) is 0.193. The van der Waals surface area contributed by atoms with Crippen molar-refractivity contribution < 1.29 is 14.4 Å². The lowest BCUT2D eigenvalue weighted by atomic mass is 10.1. The van der Waals surface area contributed by atoms with E-state index in [9.17, 15) is 14.4 Å². The molecule has 5 heteroatoms. The van der Waals surface area contributed by atoms with Gasteiger partial charge in [0.2, 0.25) is 5.91 Å². The maximum Gasteiger partial charge on any atom is 0.223 e. The van der Waals surface area contributed by atoms with Gasteiger partial charge < -0.3 is 4.90 Å². The van der Waals surface area contributed by atoms with Crippen molar-refractivity contribution in [1.82, 2.24) is 9.80 Å². The highest BCUT2D eigenvalue weighted by atomic mass is 16.2. The molecule has 0 spiro atoms. The van der Waals surface area contributed by atoms with Crippen molar-refractivity contribution in [1.29, 1.82) is 0 Å². The van der Waals surface area contributed by atoms with Crippen molar-refractivity contribution in [2.24, 2.45) is 0 Å². The lowest BCUT2D eigenvalue weighted by Crippen LogP contribution is -2.50. The first-order valence-electron chi connectivity index (χ1n) is 6.47. The van der Waals surface area contributed by atoms with Crippen LogP contribution in [0.2, 0.25) is 0 Å². The fourth-order valence-electron chi connectivity index (χ4n) is 2.04. The van der Waals surface area contributed by atoms with Crippen molar-refractivity contribution in [3.8, 4) is 0 Å². The molecule has 1 saturated heterocycles. The summed E-state index contributed by atoms with van der Waals surface area (Å²) in [5, 5.41) is 0. The van der Waals surface area contributed by atoms with E-state index < -0.39 is 11.6 Å². The van der Waals surface area contributed by atoms with Gasteiger partial charge in [0.25, 0.3) is 0 Å². The molecule has 0 radical (unpaired) electrons. The Morgan fingerprint density at radius 2 is 1.56 bits per heavy atom. The number of nitrogens with zero attached hydrogens (tertiary/aromatic N) is 2. The Morgan fingerprint density at radius 1 is 1.00 bits per heavy atom. The second kappa shape index (κ2) is 6.64. The number of Topliss-reactive ketones (excluding diaryl/α,β-unsaturated/α-hetero) is 2. The fourth-order valence-corrected chi connectivity index (χ4v) is 2.04. The lowest BCUT2D eigenvalue weighted by Gasteiger charge is -2.36. The van der Waals surface area contributed by atoms with Gasteiger partial charge in [-0.15, -0.1) is 0 Å². The van der Waals surface area contributed by atoms with Crippen molar-refractivity contribution in [2.75, 3.05) is 26.2 Å². The van der Waals surface area contributed by atoms with Gasteiger partial charge in [-0.2, -0.15) is 0 Å². The van der Waals surface area contributed by atoms with Gasteiger partial charge in [0.1, 0.15) is 0 Å². The Hall–Kier alpha value is -1.23. The van der Waals surface area contributed by atoms with Crippen LogP contribution in [0.25, 0.3) is 0 Å². The highest BCUT2D eigenvalue weighted by Crippen LogP contribution is 2.08. The van der Waals surface area contributed by atoms with E-state index >= 15 is 0 Å². The van der Waals surface area contributed by atoms with E-state index in [1.54, 1.807) is 4.90 Å². The van der Waals surface area contributed by atoms with Crippen LogP contribution in [0.3, 0.4) is 0 Å². The topological polar surface area (TPSA) is 57.7 Å². The minimum atomic E-state index is -0.465. The number of ketones is 2. The first-order chi connectivity index (χ1) is 8.41. The first-order valence-corrected chi connectivity index (χ1v) is 6.47. The van der Waals surface area contributed by atoms with Crippen LogP contribution in [0.5, 0.6) is 0 Å². The predicted octanol–water partition coefficient (Wildman–Crippen LogP) is 0.477. The molecule has 1 fully saturated rings. The van der Waals surface area contributed by atoms with Crippen LogP contribution in [0.15, 0.2) is 0 Å². The molecule has 0 bridgehead atoms. The van der Waals surface area contributed by atoms with Gasteiger partial charge in [0.15, 0.2) is 11.6 Å². The van der Waals surface area contributed by atoms with Gasteiger partial charge in [-0.25, -0.2) is 0 Å². The predicted molar refractivity (Wildman–Crippen MR) is 68.2 cm³/mol. The Balaban J connectivity index is 2.32. The molecule has 0 aromatic rings. The summed E-state index contributed by atoms with van der Waals surface area (Å²) < 4.78 is 0. The second-order valence-corrected chi connectivity index (χ2v) is 4.99. The van der Waals surface area contributed by atoms with E-state index in [-0.39, 0.29) is 18.7 Å². The van der Waals surface area contributed by atoms with Crippen molar-refractivity contribution in [3.63, 3.8) is 0 Å². The van der Waals surface area contributed by atoms with Crippen LogP contribution in [0.1, 0.15) is 33.6 Å². The minimum Gasteiger partial charge on any atom is -0.340 e. The van der Waals surface area contributed by atoms with Gasteiger partial charge >= 0.3 is 0 Å². The number of piperazine rings is 1. The minimum absolute atomic E-state index is 0.0204. The molecule has 1 aliphatic rings. The zero-order valence-electron chi connectivity index (χ0n) is 11.4. The molecule has 0 N–H and O–H groups in total. The van der Waals surface area contributed by atoms with E-state index in [4.69, 9.17) is 0 Å². The van der Waals surface area contributed by atoms with E-state index in [0.717, 1.165) is 13.1 Å². The first kappa shape index (κ1) is 14.8. The molecule has 0 atom stereocenters. The van der Waals surface area contributed by atoms with E-state index in [2.05, 4.69) is 18.7 Å². The Kier molecular flexibility index (Phi) is 5.47. The zero-order valence-corrected chi connectivity index (χ0v) is 11.4. The van der Waals surface area contributed by atoms with Crippen molar-refractivity contribution in [2.45, 2.75) is 39.7 Å². The maximum absolute atomic E-state index is 11.8. The molecule has 0 unspecified atom stereocenters. The fraction of sp³-hybridized carbons (Fsp3) is 0.769. The number of rotatable bonds is 5. The molecule has 1 amide bonds. The third-order valence-corrected chi connectivity index (χ3v) is 3.36. The molecule has 18 heavy (non-hydrogen) atoms. The summed E-state index contributed by atoms with van der Waals surface area (Å²) in [6.45, 7) is 8.71. The van der Waals surface area contributed by atoms with Crippen LogP contribution in [0.4, 0.5) is 0 Å². The summed E-state index contributed by atoms with van der Waals surface area (Å²) in [5.41, 5.74) is 0. The summed E-state index contributed by atoms with van der Waals surface area (Å²) in [6, 6.07) is 0.501. The zero-order chi connectivity index (χ0) is 13.7. The molecular formula is C13H22N2O3. The van der Waals surface area contributed by atoms with Gasteiger partial charge in [0.05, 0.1) is 0 Å². The summed E-state index contributed by atoms with van der Waals surface area (Å²) >= 11 is 0. The van der Waals surface area contributed by atoms with Gasteiger partial charge in [-0.1, -0.05) is 0 Å². The van der Waals surface area contributed by atoms with Crippen LogP contribution in [-0.4, -0.2) is 59.5 Å². The average molecular weight is 254 g/mol. The molecule has 0 aliphatic carbocycles. The third kappa shape index (κ3) is 4.22. The number of carbonyl (C=O) groups is 3. The van der Waals surface area contributed by atoms with Gasteiger partial charge in [0, 0.05) is 52.0 Å². The van der Waals surface area contributed by atoms with Crippen LogP contribution < -0.4 is 0 Å². The molecule has 5 nitrogen and oxygen atoms in total. The second-order valence-electron chi connectivity index (χ2n) is 4.99. The standard InChI is InChI=1S/C13H22N2O3/c1-10(2)14-6-8-15(9-7-14)13(18)5-4-12(17)11(3)16/h10H,4-9H2,1-3H3. The number of carbonyl (C=O) groups excluding carboxylic acids is 3. The molecule has 1 heterocycles. The molecule has 1 rings (SSSR count). The monoisotopic (exact) mass is 254 g/mol. The molecule has 0 saturated carbocycles. The molecule has 0 aromatic heterocycles. The average Bonchev–Trinajstić information content (AvgIpc) is 2.35. The quantitative estimate of drug-likeness (QED) is 0.670. The van der Waals surface area contributed by atoms with Crippen LogP contribution >= 0.6 is 0 Å². The summed E-state index contributed by atoms with van der Waals surface area (Å²) in [7, 11) is 0. The van der Waals surface area contributed by atoms with E-state index in [0.29, 0.717) is 19.1 Å². The Labute approximate surface area is 108 Å². The molecule has 1 aliphatic heterocycles. The van der Waals surface area contributed by atoms with Crippen LogP contribution in [0, 0.1) is 0 Å². The largest absolute Gasteiger partial charge is 0.340 e. The van der Waals surface area contributed by atoms with Crippen LogP contribution in [-0.2, 0) is 14.4 Å². The van der Waals surface area contributed by atoms with Crippen molar-refractivity contribution in [3.05, 3.63) is 0 Å². The summed E-state index contributed by atoms with van der Waals surface area (Å²) in [5.74, 6) is -0.940. The maximum atomic E-state index is 11.8. The van der Waals surface area contributed by atoms with Crippen molar-refractivity contribution >= 4 is 17.5 Å². The van der Waals surface area contributed by atoms with E-state index in [1.807, 2.05) is 0 Å². The SMILES string of the molecule is CC(=O)C(=O)CCC(=O)N1CCN(C(C)C)CC1. The summed E-state index contributed by atoms with van der Waals surface area (Å²) in [4.78, 5) is 37.9. The number of hydrogen-bond acceptors (Lipinski definition) is 4. The van der Waals surface area contributed by atoms with E-state index in [1.165, 1.54) is 6.92 Å². The number of hydrogen-bond donors (Lipinski definition) is 0. The highest BCUT2D eigenvalue weighted by Gasteiger charge is 2.22. The van der Waals surface area contributed by atoms with Gasteiger partial charge in [-0.05, 0) is 13.8 Å². The smallest absolute Gasteiger partial charge is 0.223 e. The Bertz CT molecular complexity index is 331. The molecular weight excluding hydrogens is 232 g/mol. The normalized spacial score (nSPS) is 17.0. The number of amides is 1. The Morgan fingerprint density at radius 3 is 2.00 bits per heavy atom. The molecule has 102 valence electrons. The lowest BCUT2D eigenvalue weighted by molar-refractivity contribution is -0.138. The van der Waals surface area contributed by atoms with Gasteiger partial charge in [-0.3, -0.25) is 19.3 Å². The highest BCUT2D eigenvalue weighted by molar-refractivity contribution is 6.36.